The normalized spacial score (nSPS) is 13.7. The van der Waals surface area contributed by atoms with Crippen LogP contribution in [0, 0.1) is 11.8 Å². The second-order valence-electron chi connectivity index (χ2n) is 9.68. The molecule has 0 fully saturated rings. The molecule has 3 amide bonds. The third-order valence-electron chi connectivity index (χ3n) is 4.57. The Kier molecular flexibility index (Phi) is 11.0. The first-order chi connectivity index (χ1) is 14.9. The molecule has 1 aromatic carbocycles. The van der Waals surface area contributed by atoms with Crippen molar-refractivity contribution in [2.75, 3.05) is 6.54 Å². The van der Waals surface area contributed by atoms with Crippen LogP contribution in [0.25, 0.3) is 6.08 Å². The number of hydrogen-bond donors (Lipinski definition) is 3. The predicted octanol–water partition coefficient (Wildman–Crippen LogP) is 3.90. The van der Waals surface area contributed by atoms with Crippen LogP contribution in [0.2, 0.25) is 0 Å². The number of hydrogen-bond acceptors (Lipinski definition) is 4. The topological polar surface area (TPSA) is 96.5 Å². The van der Waals surface area contributed by atoms with Crippen LogP contribution in [-0.2, 0) is 14.3 Å². The molecule has 2 atom stereocenters. The fraction of sp³-hybridized carbons (Fsp3) is 0.560. The Morgan fingerprint density at radius 2 is 1.62 bits per heavy atom. The molecule has 0 saturated heterocycles. The molecule has 0 unspecified atom stereocenters. The number of carbonyl (C=O) groups is 3. The largest absolute Gasteiger partial charge is 0.444 e. The number of ether oxygens (including phenoxy) is 1. The highest BCUT2D eigenvalue weighted by Gasteiger charge is 2.27. The molecule has 7 heteroatoms. The smallest absolute Gasteiger partial charge is 0.408 e. The molecule has 0 spiro atoms. The summed E-state index contributed by atoms with van der Waals surface area (Å²) in [6, 6.07) is 8.53. The van der Waals surface area contributed by atoms with E-state index in [0.717, 1.165) is 5.56 Å². The van der Waals surface area contributed by atoms with Crippen LogP contribution in [0.4, 0.5) is 4.79 Å². The minimum Gasteiger partial charge on any atom is -0.444 e. The van der Waals surface area contributed by atoms with E-state index in [-0.39, 0.29) is 36.2 Å². The molecule has 0 saturated carbocycles. The van der Waals surface area contributed by atoms with Gasteiger partial charge in [-0.25, -0.2) is 4.79 Å². The fourth-order valence-corrected chi connectivity index (χ4v) is 2.89. The quantitative estimate of drug-likeness (QED) is 0.476. The van der Waals surface area contributed by atoms with Gasteiger partial charge in [0.05, 0.1) is 0 Å². The summed E-state index contributed by atoms with van der Waals surface area (Å²) in [5.74, 6) is -0.253. The van der Waals surface area contributed by atoms with Gasteiger partial charge in [-0.15, -0.1) is 0 Å². The molecule has 3 N–H and O–H groups in total. The molecular weight excluding hydrogens is 406 g/mol. The van der Waals surface area contributed by atoms with Crippen molar-refractivity contribution >= 4 is 24.0 Å². The van der Waals surface area contributed by atoms with E-state index in [1.54, 1.807) is 26.8 Å². The number of nitrogens with one attached hydrogen (secondary N) is 3. The van der Waals surface area contributed by atoms with Gasteiger partial charge in [-0.3, -0.25) is 9.59 Å². The van der Waals surface area contributed by atoms with Crippen molar-refractivity contribution < 1.29 is 19.1 Å². The Labute approximate surface area is 192 Å². The van der Waals surface area contributed by atoms with Crippen molar-refractivity contribution in [1.82, 2.24) is 16.0 Å². The summed E-state index contributed by atoms with van der Waals surface area (Å²) in [4.78, 5) is 37.3. The van der Waals surface area contributed by atoms with E-state index < -0.39 is 17.7 Å². The van der Waals surface area contributed by atoms with Crippen molar-refractivity contribution in [3.8, 4) is 0 Å². The van der Waals surface area contributed by atoms with Gasteiger partial charge in [0.15, 0.2) is 0 Å². The molecule has 1 rings (SSSR count). The fourth-order valence-electron chi connectivity index (χ4n) is 2.89. The number of benzene rings is 1. The van der Waals surface area contributed by atoms with Gasteiger partial charge in [-0.2, -0.15) is 0 Å². The van der Waals surface area contributed by atoms with Crippen LogP contribution >= 0.6 is 0 Å². The summed E-state index contributed by atoms with van der Waals surface area (Å²) in [7, 11) is 0. The molecule has 0 aliphatic heterocycles. The lowest BCUT2D eigenvalue weighted by Crippen LogP contribution is -2.54. The Balaban J connectivity index is 2.71. The summed E-state index contributed by atoms with van der Waals surface area (Å²) < 4.78 is 5.30. The molecule has 0 bridgehead atoms. The Morgan fingerprint density at radius 3 is 2.16 bits per heavy atom. The van der Waals surface area contributed by atoms with Crippen LogP contribution < -0.4 is 16.0 Å². The van der Waals surface area contributed by atoms with Crippen molar-refractivity contribution in [1.29, 1.82) is 0 Å². The monoisotopic (exact) mass is 445 g/mol. The standard InChI is InChI=1S/C25H39N3O4/c1-17(2)15-20(28-24(31)32-25(5,6)7)23(30)27-21(18(3)4)16-26-22(29)14-13-19-11-9-8-10-12-19/h8-14,17-18,20-21H,15-16H2,1-7H3,(H,26,29)(H,27,30)(H,28,31)/b14-13+/t20-,21+/m0/s1. The van der Waals surface area contributed by atoms with Crippen molar-refractivity contribution in [3.05, 3.63) is 42.0 Å². The van der Waals surface area contributed by atoms with Gasteiger partial charge < -0.3 is 20.7 Å². The third-order valence-corrected chi connectivity index (χ3v) is 4.57. The van der Waals surface area contributed by atoms with Gasteiger partial charge in [-0.1, -0.05) is 58.0 Å². The predicted molar refractivity (Wildman–Crippen MR) is 128 cm³/mol. The second kappa shape index (κ2) is 12.9. The number of amides is 3. The van der Waals surface area contributed by atoms with Crippen LogP contribution in [0.3, 0.4) is 0 Å². The summed E-state index contributed by atoms with van der Waals surface area (Å²) in [5.41, 5.74) is 0.280. The molecule has 32 heavy (non-hydrogen) atoms. The first-order valence-electron chi connectivity index (χ1n) is 11.2. The van der Waals surface area contributed by atoms with Crippen LogP contribution in [0.5, 0.6) is 0 Å². The van der Waals surface area contributed by atoms with E-state index in [1.807, 2.05) is 58.0 Å². The average Bonchev–Trinajstić information content (AvgIpc) is 2.67. The van der Waals surface area contributed by atoms with Crippen molar-refractivity contribution in [2.45, 2.75) is 72.6 Å². The van der Waals surface area contributed by atoms with E-state index >= 15 is 0 Å². The van der Waals surface area contributed by atoms with Crippen LogP contribution in [0.15, 0.2) is 36.4 Å². The summed E-state index contributed by atoms with van der Waals surface area (Å²) in [5, 5.41) is 8.49. The van der Waals surface area contributed by atoms with E-state index in [9.17, 15) is 14.4 Å². The maximum Gasteiger partial charge on any atom is 0.408 e. The van der Waals surface area contributed by atoms with Gasteiger partial charge in [0.2, 0.25) is 11.8 Å². The van der Waals surface area contributed by atoms with E-state index in [1.165, 1.54) is 6.08 Å². The molecule has 0 aromatic heterocycles. The minimum atomic E-state index is -0.722. The first-order valence-corrected chi connectivity index (χ1v) is 11.2. The lowest BCUT2D eigenvalue weighted by molar-refractivity contribution is -0.125. The molecule has 0 heterocycles. The maximum absolute atomic E-state index is 12.9. The van der Waals surface area contributed by atoms with Crippen LogP contribution in [0.1, 0.15) is 60.5 Å². The Morgan fingerprint density at radius 1 is 1.00 bits per heavy atom. The molecule has 7 nitrogen and oxygen atoms in total. The highest BCUT2D eigenvalue weighted by Crippen LogP contribution is 2.11. The highest BCUT2D eigenvalue weighted by atomic mass is 16.6. The second-order valence-corrected chi connectivity index (χ2v) is 9.68. The number of carbonyl (C=O) groups excluding carboxylic acids is 3. The SMILES string of the molecule is CC(C)C[C@H](NC(=O)OC(C)(C)C)C(=O)N[C@H](CNC(=O)/C=C/c1ccccc1)C(C)C. The van der Waals surface area contributed by atoms with Gasteiger partial charge in [-0.05, 0) is 50.7 Å². The average molecular weight is 446 g/mol. The lowest BCUT2D eigenvalue weighted by atomic mass is 10.0. The van der Waals surface area contributed by atoms with E-state index in [0.29, 0.717) is 6.42 Å². The summed E-state index contributed by atoms with van der Waals surface area (Å²) >= 11 is 0. The molecule has 178 valence electrons. The van der Waals surface area contributed by atoms with Crippen LogP contribution in [-0.4, -0.2) is 42.1 Å². The Hall–Kier alpha value is -2.83. The van der Waals surface area contributed by atoms with Gasteiger partial charge in [0.25, 0.3) is 0 Å². The zero-order valence-electron chi connectivity index (χ0n) is 20.4. The molecular formula is C25H39N3O4. The number of rotatable bonds is 10. The molecule has 1 aromatic rings. The first kappa shape index (κ1) is 27.2. The zero-order valence-corrected chi connectivity index (χ0v) is 20.4. The van der Waals surface area contributed by atoms with Crippen molar-refractivity contribution in [2.24, 2.45) is 11.8 Å². The molecule has 0 aliphatic rings. The van der Waals surface area contributed by atoms with E-state index in [4.69, 9.17) is 4.74 Å². The highest BCUT2D eigenvalue weighted by molar-refractivity contribution is 5.91. The maximum atomic E-state index is 12.9. The lowest BCUT2D eigenvalue weighted by Gasteiger charge is -2.27. The van der Waals surface area contributed by atoms with Gasteiger partial charge >= 0.3 is 6.09 Å². The molecule has 0 radical (unpaired) electrons. The summed E-state index contributed by atoms with van der Waals surface area (Å²) in [6.07, 6.45) is 3.06. The Bertz CT molecular complexity index is 767. The zero-order chi connectivity index (χ0) is 24.3. The minimum absolute atomic E-state index is 0.0820. The summed E-state index contributed by atoms with van der Waals surface area (Å²) in [6.45, 7) is 13.5. The number of alkyl carbamates (subject to hydrolysis) is 1. The van der Waals surface area contributed by atoms with Gasteiger partial charge in [0, 0.05) is 18.7 Å². The van der Waals surface area contributed by atoms with Gasteiger partial charge in [0.1, 0.15) is 11.6 Å². The molecule has 0 aliphatic carbocycles. The van der Waals surface area contributed by atoms with Crippen molar-refractivity contribution in [3.63, 3.8) is 0 Å². The van der Waals surface area contributed by atoms with E-state index in [2.05, 4.69) is 16.0 Å². The third kappa shape index (κ3) is 11.5.